The molecule has 6 nitrogen and oxygen atoms in total. The fraction of sp³-hybridized carbons (Fsp3) is 0.423. The van der Waals surface area contributed by atoms with Crippen LogP contribution in [0.15, 0.2) is 46.9 Å². The molecule has 3 aromatic rings. The van der Waals surface area contributed by atoms with Crippen molar-refractivity contribution in [1.29, 1.82) is 0 Å². The smallest absolute Gasteiger partial charge is 0.489 e. The minimum absolute atomic E-state index is 0.0365. The first-order valence-corrected chi connectivity index (χ1v) is 11.7. The molecule has 0 radical (unpaired) electrons. The summed E-state index contributed by atoms with van der Waals surface area (Å²) < 4.78 is 68.8. The number of furan rings is 1. The zero-order valence-corrected chi connectivity index (χ0v) is 20.8. The summed E-state index contributed by atoms with van der Waals surface area (Å²) >= 11 is 0. The van der Waals surface area contributed by atoms with Gasteiger partial charge >= 0.3 is 19.3 Å². The van der Waals surface area contributed by atoms with E-state index in [1.165, 1.54) is 0 Å². The molecule has 0 bridgehead atoms. The van der Waals surface area contributed by atoms with Gasteiger partial charge in [-0.1, -0.05) is 24.3 Å². The minimum Gasteiger partial charge on any atom is -0.489 e. The van der Waals surface area contributed by atoms with Crippen molar-refractivity contribution >= 4 is 29.5 Å². The molecule has 0 atom stereocenters. The Bertz CT molecular complexity index is 1250. The van der Waals surface area contributed by atoms with Crippen LogP contribution in [-0.4, -0.2) is 30.9 Å². The average molecular weight is 504 g/mol. The largest absolute Gasteiger partial charge is 0.498 e. The highest BCUT2D eigenvalue weighted by atomic mass is 19.4. The van der Waals surface area contributed by atoms with Crippen LogP contribution in [0.2, 0.25) is 0 Å². The van der Waals surface area contributed by atoms with Crippen molar-refractivity contribution in [2.45, 2.75) is 65.0 Å². The second kappa shape index (κ2) is 9.48. The fourth-order valence-electron chi connectivity index (χ4n) is 3.93. The number of carbonyl (C=O) groups is 1. The molecule has 1 aromatic heterocycles. The van der Waals surface area contributed by atoms with Crippen molar-refractivity contribution in [3.05, 3.63) is 59.4 Å². The van der Waals surface area contributed by atoms with Gasteiger partial charge in [0.1, 0.15) is 17.9 Å². The van der Waals surface area contributed by atoms with Crippen molar-refractivity contribution < 1.29 is 41.2 Å². The topological polar surface area (TPSA) is 67.1 Å². The van der Waals surface area contributed by atoms with Gasteiger partial charge in [0.05, 0.1) is 24.2 Å². The lowest BCUT2D eigenvalue weighted by Crippen LogP contribution is -2.41. The highest BCUT2D eigenvalue weighted by Crippen LogP contribution is 2.39. The summed E-state index contributed by atoms with van der Waals surface area (Å²) in [6, 6.07) is 11.3. The molecule has 10 heteroatoms. The van der Waals surface area contributed by atoms with E-state index in [0.29, 0.717) is 22.3 Å². The van der Waals surface area contributed by atoms with Crippen LogP contribution in [0.1, 0.15) is 51.5 Å². The molecule has 1 saturated heterocycles. The minimum atomic E-state index is -4.64. The number of hydrogen-bond acceptors (Lipinski definition) is 6. The standard InChI is InChI=1S/C26H28BF3O6/c1-6-32-22(31)14-17-9-7-8-10-20(17)33-15-16-11-18-13-21(26(28,29)30)34-23(18)19(12-16)27-35-24(2,3)25(4,5)36-27/h7-13H,6,14-15H2,1-5H3. The Hall–Kier alpha value is -2.98. The fourth-order valence-corrected chi connectivity index (χ4v) is 3.93. The summed E-state index contributed by atoms with van der Waals surface area (Å²) in [7, 11) is -0.930. The molecule has 2 aromatic carbocycles. The summed E-state index contributed by atoms with van der Waals surface area (Å²) in [5, 5.41) is 0.257. The predicted molar refractivity (Wildman–Crippen MR) is 128 cm³/mol. The number of ether oxygens (including phenoxy) is 2. The lowest BCUT2D eigenvalue weighted by molar-refractivity contribution is -0.152. The van der Waals surface area contributed by atoms with E-state index in [2.05, 4.69) is 0 Å². The number of benzene rings is 2. The van der Waals surface area contributed by atoms with Gasteiger partial charge < -0.3 is 23.2 Å². The first kappa shape index (κ1) is 26.1. The van der Waals surface area contributed by atoms with E-state index in [-0.39, 0.29) is 36.6 Å². The monoisotopic (exact) mass is 504 g/mol. The van der Waals surface area contributed by atoms with E-state index in [4.69, 9.17) is 23.2 Å². The highest BCUT2D eigenvalue weighted by Gasteiger charge is 2.52. The second-order valence-electron chi connectivity index (χ2n) is 9.68. The molecule has 1 aliphatic heterocycles. The van der Waals surface area contributed by atoms with Crippen LogP contribution in [0.3, 0.4) is 0 Å². The third kappa shape index (κ3) is 5.24. The van der Waals surface area contributed by atoms with Crippen molar-refractivity contribution in [1.82, 2.24) is 0 Å². The molecule has 0 saturated carbocycles. The summed E-state index contributed by atoms with van der Waals surface area (Å²) in [6.45, 7) is 9.49. The van der Waals surface area contributed by atoms with Gasteiger partial charge in [0.15, 0.2) is 0 Å². The summed E-state index contributed by atoms with van der Waals surface area (Å²) in [6.07, 6.45) is -4.60. The van der Waals surface area contributed by atoms with Crippen LogP contribution in [0.25, 0.3) is 11.0 Å². The molecular formula is C26H28BF3O6. The summed E-state index contributed by atoms with van der Waals surface area (Å²) in [5.74, 6) is -1.00. The zero-order valence-electron chi connectivity index (χ0n) is 20.8. The van der Waals surface area contributed by atoms with Gasteiger partial charge in [-0.2, -0.15) is 13.2 Å². The number of esters is 1. The molecule has 36 heavy (non-hydrogen) atoms. The quantitative estimate of drug-likeness (QED) is 0.316. The Morgan fingerprint density at radius 3 is 2.33 bits per heavy atom. The van der Waals surface area contributed by atoms with Crippen LogP contribution in [0, 0.1) is 0 Å². The maximum Gasteiger partial charge on any atom is 0.498 e. The van der Waals surface area contributed by atoms with Gasteiger partial charge in [-0.05, 0) is 58.4 Å². The Balaban J connectivity index is 1.68. The number of alkyl halides is 3. The van der Waals surface area contributed by atoms with E-state index >= 15 is 0 Å². The number of carbonyl (C=O) groups excluding carboxylic acids is 1. The Labute approximate surface area is 207 Å². The van der Waals surface area contributed by atoms with Crippen molar-refractivity contribution in [3.63, 3.8) is 0 Å². The molecular weight excluding hydrogens is 476 g/mol. The summed E-state index contributed by atoms with van der Waals surface area (Å²) in [5.41, 5.74) is 0.246. The van der Waals surface area contributed by atoms with Gasteiger partial charge in [0.25, 0.3) is 0 Å². The third-order valence-corrected chi connectivity index (χ3v) is 6.50. The average Bonchev–Trinajstić information content (AvgIpc) is 3.30. The molecule has 1 fully saturated rings. The number of fused-ring (bicyclic) bond motifs is 1. The van der Waals surface area contributed by atoms with Gasteiger partial charge in [-0.25, -0.2) is 0 Å². The molecule has 0 unspecified atom stereocenters. The van der Waals surface area contributed by atoms with E-state index in [1.54, 1.807) is 43.3 Å². The van der Waals surface area contributed by atoms with E-state index in [9.17, 15) is 18.0 Å². The number of para-hydroxylation sites is 1. The van der Waals surface area contributed by atoms with Crippen molar-refractivity contribution in [2.24, 2.45) is 0 Å². The number of halogens is 3. The zero-order chi connectivity index (χ0) is 26.3. The molecule has 0 aliphatic carbocycles. The highest BCUT2D eigenvalue weighted by molar-refractivity contribution is 6.64. The molecule has 4 rings (SSSR count). The second-order valence-corrected chi connectivity index (χ2v) is 9.68. The summed E-state index contributed by atoms with van der Waals surface area (Å²) in [4.78, 5) is 12.0. The van der Waals surface area contributed by atoms with Crippen LogP contribution >= 0.6 is 0 Å². The molecule has 2 heterocycles. The molecule has 0 N–H and O–H groups in total. The molecule has 1 aliphatic rings. The first-order chi connectivity index (χ1) is 16.8. The van der Waals surface area contributed by atoms with Crippen LogP contribution < -0.4 is 10.2 Å². The Kier molecular flexibility index (Phi) is 6.87. The van der Waals surface area contributed by atoms with Gasteiger partial charge in [-0.15, -0.1) is 0 Å². The van der Waals surface area contributed by atoms with Crippen LogP contribution in [0.5, 0.6) is 5.75 Å². The number of rotatable bonds is 7. The molecule has 192 valence electrons. The van der Waals surface area contributed by atoms with Crippen molar-refractivity contribution in [2.75, 3.05) is 6.61 Å². The Morgan fingerprint density at radius 1 is 1.03 bits per heavy atom. The van der Waals surface area contributed by atoms with Gasteiger partial charge in [0.2, 0.25) is 5.76 Å². The van der Waals surface area contributed by atoms with Crippen LogP contribution in [0.4, 0.5) is 13.2 Å². The van der Waals surface area contributed by atoms with E-state index in [1.807, 2.05) is 27.7 Å². The third-order valence-electron chi connectivity index (χ3n) is 6.50. The molecule has 0 amide bonds. The lowest BCUT2D eigenvalue weighted by atomic mass is 9.77. The Morgan fingerprint density at radius 2 is 1.69 bits per heavy atom. The predicted octanol–water partition coefficient (Wildman–Crippen LogP) is 5.44. The lowest BCUT2D eigenvalue weighted by Gasteiger charge is -2.32. The van der Waals surface area contributed by atoms with Crippen molar-refractivity contribution in [3.8, 4) is 5.75 Å². The maximum absolute atomic E-state index is 13.4. The normalized spacial score (nSPS) is 16.9. The molecule has 0 spiro atoms. The van der Waals surface area contributed by atoms with E-state index < -0.39 is 30.3 Å². The van der Waals surface area contributed by atoms with Crippen LogP contribution in [-0.2, 0) is 38.0 Å². The number of hydrogen-bond donors (Lipinski definition) is 0. The maximum atomic E-state index is 13.4. The SMILES string of the molecule is CCOC(=O)Cc1ccccc1OCc1cc(B2OC(C)(C)C(C)(C)O2)c2oc(C(F)(F)F)cc2c1. The van der Waals surface area contributed by atoms with Gasteiger partial charge in [0, 0.05) is 16.4 Å². The van der Waals surface area contributed by atoms with E-state index in [0.717, 1.165) is 6.07 Å². The first-order valence-electron chi connectivity index (χ1n) is 11.7. The van der Waals surface area contributed by atoms with Gasteiger partial charge in [-0.3, -0.25) is 4.79 Å².